The summed E-state index contributed by atoms with van der Waals surface area (Å²) < 4.78 is 29.1. The number of nitrogens with zero attached hydrogens (tertiary/aromatic N) is 3. The summed E-state index contributed by atoms with van der Waals surface area (Å²) in [5.41, 5.74) is 0.210. The first-order chi connectivity index (χ1) is 12.6. The maximum Gasteiger partial charge on any atom is 0.335 e. The number of sulfonamides is 1. The smallest absolute Gasteiger partial charge is 0.335 e. The Kier molecular flexibility index (Phi) is 6.09. The Morgan fingerprint density at radius 3 is 2.63 bits per heavy atom. The average molecular weight is 396 g/mol. The highest BCUT2D eigenvalue weighted by Crippen LogP contribution is 2.39. The Hall–Kier alpha value is -2.62. The predicted octanol–water partition coefficient (Wildman–Crippen LogP) is 1.61. The second-order valence-electron chi connectivity index (χ2n) is 6.54. The Morgan fingerprint density at radius 1 is 1.41 bits per heavy atom. The van der Waals surface area contributed by atoms with Crippen LogP contribution in [0, 0.1) is 0 Å². The molecular formula is C17H24N4O5S. The van der Waals surface area contributed by atoms with Crippen molar-refractivity contribution in [2.24, 2.45) is 4.40 Å². The highest BCUT2D eigenvalue weighted by molar-refractivity contribution is 7.90. The Morgan fingerprint density at radius 2 is 2.07 bits per heavy atom. The molecule has 0 aliphatic carbocycles. The van der Waals surface area contributed by atoms with E-state index < -0.39 is 22.0 Å². The van der Waals surface area contributed by atoms with Crippen molar-refractivity contribution in [2.45, 2.75) is 37.6 Å². The first kappa shape index (κ1) is 20.7. The monoisotopic (exact) mass is 396 g/mol. The number of benzene rings is 1. The van der Waals surface area contributed by atoms with E-state index in [1.54, 1.807) is 21.0 Å². The molecule has 0 radical (unpaired) electrons. The molecule has 1 amide bonds. The zero-order valence-electron chi connectivity index (χ0n) is 15.8. The number of anilines is 2. The quantitative estimate of drug-likeness (QED) is 0.531. The van der Waals surface area contributed by atoms with E-state index in [0.29, 0.717) is 13.0 Å². The van der Waals surface area contributed by atoms with Crippen LogP contribution in [0.3, 0.4) is 0 Å². The lowest BCUT2D eigenvalue weighted by Crippen LogP contribution is -2.46. The van der Waals surface area contributed by atoms with Crippen molar-refractivity contribution < 1.29 is 23.1 Å². The number of carboxylic acid groups (broad SMARTS) is 1. The third kappa shape index (κ3) is 4.38. The second kappa shape index (κ2) is 7.95. The van der Waals surface area contributed by atoms with Gasteiger partial charge in [-0.1, -0.05) is 13.3 Å². The molecule has 0 aromatic heterocycles. The van der Waals surface area contributed by atoms with Crippen LogP contribution in [0.25, 0.3) is 0 Å². The van der Waals surface area contributed by atoms with Crippen LogP contribution in [0.5, 0.6) is 0 Å². The molecule has 1 aliphatic rings. The molecule has 10 heteroatoms. The topological polar surface area (TPSA) is 119 Å². The van der Waals surface area contributed by atoms with Gasteiger partial charge >= 0.3 is 5.97 Å². The van der Waals surface area contributed by atoms with Crippen molar-refractivity contribution in [3.8, 4) is 0 Å². The van der Waals surface area contributed by atoms with Gasteiger partial charge in [-0.2, -0.15) is 8.42 Å². The molecule has 1 aromatic rings. The van der Waals surface area contributed by atoms with Crippen molar-refractivity contribution in [2.75, 3.05) is 30.9 Å². The Balaban J connectivity index is 2.72. The number of hydrogen-bond acceptors (Lipinski definition) is 5. The van der Waals surface area contributed by atoms with Gasteiger partial charge in [0.25, 0.3) is 10.0 Å². The number of unbranched alkanes of at least 4 members (excludes halogenated alkanes) is 1. The largest absolute Gasteiger partial charge is 0.478 e. The summed E-state index contributed by atoms with van der Waals surface area (Å²) in [5, 5.41) is 12.3. The molecule has 2 N–H and O–H groups in total. The van der Waals surface area contributed by atoms with E-state index in [4.69, 9.17) is 0 Å². The predicted molar refractivity (Wildman–Crippen MR) is 103 cm³/mol. The molecule has 0 fully saturated rings. The summed E-state index contributed by atoms with van der Waals surface area (Å²) in [6.07, 6.45) is 2.66. The summed E-state index contributed by atoms with van der Waals surface area (Å²) in [6, 6.07) is 1.74. The number of carboxylic acids is 1. The minimum Gasteiger partial charge on any atom is -0.478 e. The number of carbonyl (C=O) groups is 2. The number of nitrogens with one attached hydrogen (secondary N) is 1. The minimum absolute atomic E-state index is 0.194. The third-order valence-electron chi connectivity index (χ3n) is 4.05. The molecule has 0 saturated heterocycles. The van der Waals surface area contributed by atoms with Gasteiger partial charge in [-0.25, -0.2) is 4.79 Å². The van der Waals surface area contributed by atoms with E-state index in [1.165, 1.54) is 15.9 Å². The number of rotatable bonds is 7. The number of amides is 1. The summed E-state index contributed by atoms with van der Waals surface area (Å²) in [6.45, 7) is 3.98. The summed E-state index contributed by atoms with van der Waals surface area (Å²) >= 11 is 0. The van der Waals surface area contributed by atoms with E-state index in [0.717, 1.165) is 18.8 Å². The number of hydrogen-bond donors (Lipinski definition) is 2. The zero-order chi connectivity index (χ0) is 20.4. The van der Waals surface area contributed by atoms with Crippen molar-refractivity contribution in [3.63, 3.8) is 0 Å². The van der Waals surface area contributed by atoms with Crippen LogP contribution in [0.15, 0.2) is 21.4 Å². The fraction of sp³-hybridized carbons (Fsp3) is 0.471. The average Bonchev–Trinajstić information content (AvgIpc) is 2.59. The van der Waals surface area contributed by atoms with E-state index in [-0.39, 0.29) is 27.7 Å². The first-order valence-corrected chi connectivity index (χ1v) is 9.98. The van der Waals surface area contributed by atoms with E-state index in [2.05, 4.69) is 9.71 Å². The van der Waals surface area contributed by atoms with Crippen LogP contribution in [0.2, 0.25) is 0 Å². The third-order valence-corrected chi connectivity index (χ3v) is 5.30. The zero-order valence-corrected chi connectivity index (χ0v) is 16.6. The van der Waals surface area contributed by atoms with Gasteiger partial charge in [0.1, 0.15) is 17.3 Å². The summed E-state index contributed by atoms with van der Waals surface area (Å²) in [7, 11) is -0.936. The van der Waals surface area contributed by atoms with Crippen LogP contribution in [0.4, 0.5) is 11.4 Å². The first-order valence-electron chi connectivity index (χ1n) is 8.54. The summed E-state index contributed by atoms with van der Waals surface area (Å²) in [5.74, 6) is -1.52. The van der Waals surface area contributed by atoms with Crippen molar-refractivity contribution in [1.82, 2.24) is 4.90 Å². The molecule has 1 heterocycles. The van der Waals surface area contributed by atoms with Crippen LogP contribution < -0.4 is 10.2 Å². The van der Waals surface area contributed by atoms with Gasteiger partial charge < -0.3 is 20.2 Å². The van der Waals surface area contributed by atoms with Crippen LogP contribution in [0.1, 0.15) is 37.0 Å². The fourth-order valence-corrected chi connectivity index (χ4v) is 3.80. The molecule has 1 aromatic carbocycles. The molecular weight excluding hydrogens is 372 g/mol. The molecule has 1 atom stereocenters. The van der Waals surface area contributed by atoms with Gasteiger partial charge in [0.05, 0.1) is 16.9 Å². The van der Waals surface area contributed by atoms with Gasteiger partial charge in [-0.05, 0) is 25.5 Å². The van der Waals surface area contributed by atoms with Crippen LogP contribution in [-0.2, 0) is 14.8 Å². The summed E-state index contributed by atoms with van der Waals surface area (Å²) in [4.78, 5) is 26.7. The Labute approximate surface area is 158 Å². The lowest BCUT2D eigenvalue weighted by molar-refractivity contribution is -0.119. The van der Waals surface area contributed by atoms with E-state index in [1.807, 2.05) is 6.92 Å². The lowest BCUT2D eigenvalue weighted by atomic mass is 10.1. The lowest BCUT2D eigenvalue weighted by Gasteiger charge is -2.35. The molecule has 148 valence electrons. The van der Waals surface area contributed by atoms with E-state index >= 15 is 0 Å². The standard InChI is InChI=1S/C17H24N4O5S/c1-5-6-7-21-13-8-12(17(23)24)9-14(15(13)19-11(2)16(21)22)27(25,26)18-10-20(3)4/h8-11,19H,5-7H2,1-4H3,(H,23,24)/b18-10+/t11-/m0/s1. The molecule has 0 saturated carbocycles. The molecule has 2 rings (SSSR count). The molecule has 0 unspecified atom stereocenters. The van der Waals surface area contributed by atoms with Crippen molar-refractivity contribution in [1.29, 1.82) is 0 Å². The van der Waals surface area contributed by atoms with Gasteiger partial charge in [-0.15, -0.1) is 4.40 Å². The number of aromatic carboxylic acids is 1. The highest BCUT2D eigenvalue weighted by Gasteiger charge is 2.34. The van der Waals surface area contributed by atoms with Crippen LogP contribution in [-0.4, -0.2) is 63.3 Å². The second-order valence-corrected chi connectivity index (χ2v) is 8.14. The van der Waals surface area contributed by atoms with Gasteiger partial charge in [-0.3, -0.25) is 4.79 Å². The van der Waals surface area contributed by atoms with Gasteiger partial charge in [0, 0.05) is 20.6 Å². The highest BCUT2D eigenvalue weighted by atomic mass is 32.2. The van der Waals surface area contributed by atoms with E-state index in [9.17, 15) is 23.1 Å². The molecule has 1 aliphatic heterocycles. The normalized spacial score (nSPS) is 17.0. The SMILES string of the molecule is CCCCN1C(=O)[C@H](C)Nc2c1cc(C(=O)O)cc2S(=O)(=O)/N=C/N(C)C. The molecule has 0 bridgehead atoms. The van der Waals surface area contributed by atoms with Crippen molar-refractivity contribution >= 4 is 39.6 Å². The maximum atomic E-state index is 12.7. The van der Waals surface area contributed by atoms with Gasteiger partial charge in [0.2, 0.25) is 5.91 Å². The number of fused-ring (bicyclic) bond motifs is 1. The fourth-order valence-electron chi connectivity index (χ4n) is 2.68. The van der Waals surface area contributed by atoms with Gasteiger partial charge in [0.15, 0.2) is 0 Å². The Bertz CT molecular complexity index is 880. The minimum atomic E-state index is -4.17. The van der Waals surface area contributed by atoms with Crippen molar-refractivity contribution in [3.05, 3.63) is 17.7 Å². The molecule has 0 spiro atoms. The van der Waals surface area contributed by atoms with Crippen LogP contribution >= 0.6 is 0 Å². The molecule has 27 heavy (non-hydrogen) atoms. The number of carbonyl (C=O) groups excluding carboxylic acids is 1. The molecule has 9 nitrogen and oxygen atoms in total. The maximum absolute atomic E-state index is 12.7.